The number of carboxylic acid groups (broad SMARTS) is 1. The van der Waals surface area contributed by atoms with Crippen molar-refractivity contribution in [2.24, 2.45) is 0 Å². The summed E-state index contributed by atoms with van der Waals surface area (Å²) in [5.74, 6) is -5.84. The minimum absolute atomic E-state index is 0.0118. The van der Waals surface area contributed by atoms with Gasteiger partial charge in [0.15, 0.2) is 11.6 Å². The number of anilines is 1. The van der Waals surface area contributed by atoms with Gasteiger partial charge in [0.2, 0.25) is 17.7 Å². The number of nitrogens with zero attached hydrogens (tertiary/aromatic N) is 2. The summed E-state index contributed by atoms with van der Waals surface area (Å²) in [6.45, 7) is 0.983. The Labute approximate surface area is 198 Å². The van der Waals surface area contributed by atoms with Crippen molar-refractivity contribution in [2.75, 3.05) is 26.0 Å². The molecule has 1 saturated carbocycles. The van der Waals surface area contributed by atoms with Crippen molar-refractivity contribution in [3.63, 3.8) is 0 Å². The number of likely N-dealkylation sites (N-methyl/N-ethyl adjacent to an activating group) is 1. The minimum atomic E-state index is -5.08. The number of methoxy groups -OCH3 is 1. The van der Waals surface area contributed by atoms with E-state index in [-0.39, 0.29) is 61.9 Å². The van der Waals surface area contributed by atoms with E-state index in [4.69, 9.17) is 14.6 Å². The molecule has 0 spiro atoms. The van der Waals surface area contributed by atoms with Crippen LogP contribution in [0.2, 0.25) is 0 Å². The number of nitrogens with one attached hydrogen (secondary N) is 2. The summed E-state index contributed by atoms with van der Waals surface area (Å²) in [6, 6.07) is 0.825. The lowest BCUT2D eigenvalue weighted by molar-refractivity contribution is -0.192. The molecule has 8 nitrogen and oxygen atoms in total. The molecule has 2 fully saturated rings. The number of hydrogen-bond donors (Lipinski definition) is 3. The maximum absolute atomic E-state index is 14.6. The van der Waals surface area contributed by atoms with Gasteiger partial charge in [0, 0.05) is 31.5 Å². The van der Waals surface area contributed by atoms with Gasteiger partial charge in [-0.05, 0) is 38.3 Å². The summed E-state index contributed by atoms with van der Waals surface area (Å²) in [4.78, 5) is 27.1. The Kier molecular flexibility index (Phi) is 9.58. The maximum Gasteiger partial charge on any atom is 0.490 e. The van der Waals surface area contributed by atoms with Crippen LogP contribution >= 0.6 is 0 Å². The second kappa shape index (κ2) is 11.8. The van der Waals surface area contributed by atoms with Crippen LogP contribution in [0.15, 0.2) is 6.07 Å². The van der Waals surface area contributed by atoms with Gasteiger partial charge in [-0.15, -0.1) is 0 Å². The molecule has 1 saturated heterocycles. The highest BCUT2D eigenvalue weighted by molar-refractivity contribution is 5.82. The highest BCUT2D eigenvalue weighted by Crippen LogP contribution is 2.35. The highest BCUT2D eigenvalue weighted by Gasteiger charge is 2.38. The Morgan fingerprint density at radius 3 is 2.37 bits per heavy atom. The van der Waals surface area contributed by atoms with Gasteiger partial charge in [0.1, 0.15) is 0 Å². The largest absolute Gasteiger partial charge is 0.490 e. The molecule has 1 unspecified atom stereocenters. The van der Waals surface area contributed by atoms with E-state index in [1.54, 1.807) is 7.05 Å². The van der Waals surface area contributed by atoms with Crippen molar-refractivity contribution in [3.05, 3.63) is 17.4 Å². The van der Waals surface area contributed by atoms with E-state index in [1.807, 2.05) is 0 Å². The van der Waals surface area contributed by atoms with E-state index in [1.165, 1.54) is 18.1 Å². The first-order chi connectivity index (χ1) is 16.2. The molecule has 0 radical (unpaired) electrons. The number of carboxylic acids is 1. The Bertz CT molecular complexity index is 883. The first-order valence-electron chi connectivity index (χ1n) is 10.9. The Balaban J connectivity index is 0.000000540. The molecule has 0 bridgehead atoms. The molecular formula is C21H28F6N4O4. The zero-order valence-electron chi connectivity index (χ0n) is 19.2. The van der Waals surface area contributed by atoms with Gasteiger partial charge in [0.05, 0.1) is 19.7 Å². The van der Waals surface area contributed by atoms with Crippen LogP contribution in [0, 0.1) is 5.82 Å². The Morgan fingerprint density at radius 1 is 1.29 bits per heavy atom. The number of pyridine rings is 1. The Hall–Kier alpha value is -2.77. The molecule has 1 aromatic rings. The maximum atomic E-state index is 14.6. The third-order valence-corrected chi connectivity index (χ3v) is 5.65. The van der Waals surface area contributed by atoms with Crippen LogP contribution in [0.25, 0.3) is 0 Å². The molecule has 3 rings (SSSR count). The number of aromatic nitrogens is 1. The summed E-state index contributed by atoms with van der Waals surface area (Å²) >= 11 is 0. The molecule has 1 atom stereocenters. The summed E-state index contributed by atoms with van der Waals surface area (Å²) in [5, 5.41) is 13.2. The van der Waals surface area contributed by atoms with E-state index in [0.29, 0.717) is 5.56 Å². The second-order valence-electron chi connectivity index (χ2n) is 8.41. The quantitative estimate of drug-likeness (QED) is 0.499. The normalized spacial score (nSPS) is 19.9. The third kappa shape index (κ3) is 8.44. The number of halogens is 6. The van der Waals surface area contributed by atoms with Crippen molar-refractivity contribution in [2.45, 2.75) is 69.3 Å². The smallest absolute Gasteiger partial charge is 0.481 e. The number of ether oxygens (including phenoxy) is 1. The van der Waals surface area contributed by atoms with Gasteiger partial charge in [-0.25, -0.2) is 18.0 Å². The number of amides is 1. The Morgan fingerprint density at radius 2 is 1.89 bits per heavy atom. The molecule has 1 aromatic heterocycles. The van der Waals surface area contributed by atoms with E-state index in [9.17, 15) is 31.1 Å². The first-order valence-corrected chi connectivity index (χ1v) is 10.9. The lowest BCUT2D eigenvalue weighted by Gasteiger charge is -2.29. The number of carbonyl (C=O) groups excluding carboxylic acids is 1. The van der Waals surface area contributed by atoms with Crippen LogP contribution in [-0.4, -0.2) is 71.8 Å². The predicted molar refractivity (Wildman–Crippen MR) is 113 cm³/mol. The molecule has 1 aliphatic heterocycles. The molecule has 1 aliphatic carbocycles. The molecule has 14 heteroatoms. The molecule has 1 amide bonds. The standard InChI is InChI=1S/C19H27F3N4O2.C2HF3O2/c1-26(18(27)15-4-3-9-23-15)11-12-10-14(20)16(25-17(12)28-2)24-13-5-7-19(21,22)8-6-13;3-2(4,5)1(6)7/h10,13,15,23H,3-9,11H2,1-2H3,(H,24,25);(H,6,7). The topological polar surface area (TPSA) is 104 Å². The lowest BCUT2D eigenvalue weighted by Crippen LogP contribution is -2.41. The van der Waals surface area contributed by atoms with Crippen LogP contribution in [0.1, 0.15) is 44.1 Å². The van der Waals surface area contributed by atoms with Crippen molar-refractivity contribution in [3.8, 4) is 5.88 Å². The van der Waals surface area contributed by atoms with Crippen LogP contribution in [0.4, 0.5) is 32.2 Å². The number of alkyl halides is 5. The zero-order valence-corrected chi connectivity index (χ0v) is 19.2. The fourth-order valence-corrected chi connectivity index (χ4v) is 3.77. The fraction of sp³-hybridized carbons (Fsp3) is 0.667. The van der Waals surface area contributed by atoms with Crippen LogP contribution in [0.5, 0.6) is 5.88 Å². The average Bonchev–Trinajstić information content (AvgIpc) is 3.31. The number of carbonyl (C=O) groups is 2. The van der Waals surface area contributed by atoms with Crippen LogP contribution < -0.4 is 15.4 Å². The van der Waals surface area contributed by atoms with Gasteiger partial charge < -0.3 is 25.4 Å². The number of aliphatic carboxylic acids is 1. The molecule has 3 N–H and O–H groups in total. The fourth-order valence-electron chi connectivity index (χ4n) is 3.77. The molecule has 2 aliphatic rings. The summed E-state index contributed by atoms with van der Waals surface area (Å²) in [7, 11) is 3.09. The summed E-state index contributed by atoms with van der Waals surface area (Å²) in [6.07, 6.45) is -3.27. The number of rotatable bonds is 6. The monoisotopic (exact) mass is 514 g/mol. The van der Waals surface area contributed by atoms with Gasteiger partial charge in [-0.1, -0.05) is 0 Å². The molecular weight excluding hydrogens is 486 g/mol. The van der Waals surface area contributed by atoms with Crippen molar-refractivity contribution in [1.82, 2.24) is 15.2 Å². The van der Waals surface area contributed by atoms with Crippen molar-refractivity contribution >= 4 is 17.7 Å². The third-order valence-electron chi connectivity index (χ3n) is 5.65. The minimum Gasteiger partial charge on any atom is -0.481 e. The second-order valence-corrected chi connectivity index (χ2v) is 8.41. The molecule has 2 heterocycles. The lowest BCUT2D eigenvalue weighted by atomic mass is 9.92. The summed E-state index contributed by atoms with van der Waals surface area (Å²) < 4.78 is 78.2. The summed E-state index contributed by atoms with van der Waals surface area (Å²) in [5.41, 5.74) is 0.453. The van der Waals surface area contributed by atoms with Crippen molar-refractivity contribution in [1.29, 1.82) is 0 Å². The zero-order chi connectivity index (χ0) is 26.4. The highest BCUT2D eigenvalue weighted by atomic mass is 19.4. The predicted octanol–water partition coefficient (Wildman–Crippen LogP) is 3.56. The van der Waals surface area contributed by atoms with E-state index in [2.05, 4.69) is 15.6 Å². The van der Waals surface area contributed by atoms with Gasteiger partial charge in [-0.3, -0.25) is 4.79 Å². The van der Waals surface area contributed by atoms with Crippen molar-refractivity contribution < 1.29 is 45.8 Å². The first kappa shape index (κ1) is 28.5. The van der Waals surface area contributed by atoms with E-state index in [0.717, 1.165) is 19.4 Å². The van der Waals surface area contributed by atoms with Gasteiger partial charge in [0.25, 0.3) is 0 Å². The molecule has 198 valence electrons. The van der Waals surface area contributed by atoms with E-state index < -0.39 is 23.9 Å². The van der Waals surface area contributed by atoms with Gasteiger partial charge in [-0.2, -0.15) is 18.2 Å². The average molecular weight is 514 g/mol. The van der Waals surface area contributed by atoms with Crippen LogP contribution in [0.3, 0.4) is 0 Å². The van der Waals surface area contributed by atoms with E-state index >= 15 is 0 Å². The molecule has 35 heavy (non-hydrogen) atoms. The van der Waals surface area contributed by atoms with Crippen LogP contribution in [-0.2, 0) is 16.1 Å². The van der Waals surface area contributed by atoms with Gasteiger partial charge >= 0.3 is 12.1 Å². The number of hydrogen-bond acceptors (Lipinski definition) is 6. The molecule has 0 aromatic carbocycles. The SMILES string of the molecule is COc1nc(NC2CCC(F)(F)CC2)c(F)cc1CN(C)C(=O)C1CCCN1.O=C(O)C(F)(F)F.